The van der Waals surface area contributed by atoms with Gasteiger partial charge in [-0.1, -0.05) is 25.8 Å². The van der Waals surface area contributed by atoms with E-state index in [1.807, 2.05) is 17.5 Å². The number of carbonyl (C=O) groups is 1. The summed E-state index contributed by atoms with van der Waals surface area (Å²) in [5, 5.41) is 14.7. The maximum atomic E-state index is 12.0. The summed E-state index contributed by atoms with van der Waals surface area (Å²) in [6.07, 6.45) is 4.06. The molecule has 0 spiro atoms. The van der Waals surface area contributed by atoms with Crippen LogP contribution in [0, 0.1) is 5.92 Å². The Hall–Kier alpha value is -0.520. The van der Waals surface area contributed by atoms with Crippen LogP contribution in [0.25, 0.3) is 0 Å². The summed E-state index contributed by atoms with van der Waals surface area (Å²) < 4.78 is 1.16. The van der Waals surface area contributed by atoms with Crippen LogP contribution < -0.4 is 5.32 Å². The maximum Gasteiger partial charge on any atom is 0.230 e. The molecule has 5 heteroatoms. The first-order valence-electron chi connectivity index (χ1n) is 6.72. The van der Waals surface area contributed by atoms with Crippen LogP contribution >= 0.6 is 23.1 Å². The highest BCUT2D eigenvalue weighted by Gasteiger charge is 2.35. The first kappa shape index (κ1) is 14.9. The van der Waals surface area contributed by atoms with Crippen LogP contribution in [0.15, 0.2) is 21.7 Å². The minimum absolute atomic E-state index is 0.0292. The van der Waals surface area contributed by atoms with Crippen molar-refractivity contribution in [3.05, 3.63) is 17.5 Å². The predicted molar refractivity (Wildman–Crippen MR) is 80.6 cm³/mol. The first-order valence-corrected chi connectivity index (χ1v) is 8.58. The number of aliphatic hydroxyl groups excluding tert-OH is 1. The lowest BCUT2D eigenvalue weighted by atomic mass is 9.77. The molecule has 1 aromatic rings. The van der Waals surface area contributed by atoms with Crippen LogP contribution in [0.4, 0.5) is 0 Å². The second-order valence-corrected chi connectivity index (χ2v) is 7.63. The number of hydrogen-bond acceptors (Lipinski definition) is 4. The smallest absolute Gasteiger partial charge is 0.230 e. The average Bonchev–Trinajstić information content (AvgIpc) is 2.89. The van der Waals surface area contributed by atoms with Crippen molar-refractivity contribution in [2.45, 2.75) is 42.4 Å². The molecule has 0 bridgehead atoms. The fourth-order valence-corrected chi connectivity index (χ4v) is 4.36. The van der Waals surface area contributed by atoms with Crippen LogP contribution in [0.2, 0.25) is 0 Å². The molecule has 106 valence electrons. The lowest BCUT2D eigenvalue weighted by molar-refractivity contribution is -0.121. The summed E-state index contributed by atoms with van der Waals surface area (Å²) in [6, 6.07) is 4.01. The van der Waals surface area contributed by atoms with E-state index in [2.05, 4.69) is 12.2 Å². The van der Waals surface area contributed by atoms with Crippen molar-refractivity contribution < 1.29 is 9.90 Å². The molecule has 19 heavy (non-hydrogen) atoms. The van der Waals surface area contributed by atoms with Crippen molar-refractivity contribution >= 4 is 29.0 Å². The van der Waals surface area contributed by atoms with Crippen molar-refractivity contribution in [2.24, 2.45) is 5.92 Å². The summed E-state index contributed by atoms with van der Waals surface area (Å²) in [5.41, 5.74) is -0.384. The third kappa shape index (κ3) is 4.23. The van der Waals surface area contributed by atoms with Crippen molar-refractivity contribution in [3.63, 3.8) is 0 Å². The Kier molecular flexibility index (Phi) is 5.30. The SMILES string of the molecule is CC1CCCC(CO)(NC(=O)CSc2cccs2)C1. The number of aliphatic hydroxyl groups is 1. The Labute approximate surface area is 122 Å². The van der Waals surface area contributed by atoms with Crippen molar-refractivity contribution in [1.29, 1.82) is 0 Å². The van der Waals surface area contributed by atoms with Crippen molar-refractivity contribution in [1.82, 2.24) is 5.32 Å². The molecule has 1 aliphatic carbocycles. The van der Waals surface area contributed by atoms with E-state index < -0.39 is 0 Å². The van der Waals surface area contributed by atoms with Crippen LogP contribution in [0.3, 0.4) is 0 Å². The molecule has 1 fully saturated rings. The molecule has 1 aliphatic rings. The summed E-state index contributed by atoms with van der Waals surface area (Å²) in [4.78, 5) is 12.0. The van der Waals surface area contributed by atoms with E-state index in [-0.39, 0.29) is 18.1 Å². The number of thiophene rings is 1. The van der Waals surface area contributed by atoms with Gasteiger partial charge in [0.1, 0.15) is 0 Å². The number of hydrogen-bond donors (Lipinski definition) is 2. The van der Waals surface area contributed by atoms with Gasteiger partial charge in [-0.2, -0.15) is 0 Å². The Morgan fingerprint density at radius 3 is 3.16 bits per heavy atom. The summed E-state index contributed by atoms with van der Waals surface area (Å²) in [6.45, 7) is 2.24. The molecule has 1 heterocycles. The molecule has 0 saturated heterocycles. The topological polar surface area (TPSA) is 49.3 Å². The predicted octanol–water partition coefficient (Wildman–Crippen LogP) is 2.90. The maximum absolute atomic E-state index is 12.0. The highest BCUT2D eigenvalue weighted by atomic mass is 32.2. The van der Waals surface area contributed by atoms with Gasteiger partial charge in [0.25, 0.3) is 0 Å². The van der Waals surface area contributed by atoms with E-state index in [0.29, 0.717) is 11.7 Å². The Morgan fingerprint density at radius 2 is 2.53 bits per heavy atom. The van der Waals surface area contributed by atoms with Gasteiger partial charge in [-0.05, 0) is 30.2 Å². The second-order valence-electron chi connectivity index (χ2n) is 5.41. The molecule has 3 nitrogen and oxygen atoms in total. The second kappa shape index (κ2) is 6.77. The van der Waals surface area contributed by atoms with Gasteiger partial charge in [-0.15, -0.1) is 23.1 Å². The van der Waals surface area contributed by atoms with Gasteiger partial charge < -0.3 is 10.4 Å². The number of amides is 1. The Morgan fingerprint density at radius 1 is 1.68 bits per heavy atom. The fraction of sp³-hybridized carbons (Fsp3) is 0.643. The lowest BCUT2D eigenvalue weighted by Crippen LogP contribution is -2.54. The summed E-state index contributed by atoms with van der Waals surface area (Å²) >= 11 is 3.21. The largest absolute Gasteiger partial charge is 0.394 e. The van der Waals surface area contributed by atoms with Gasteiger partial charge in [0.15, 0.2) is 0 Å². The quantitative estimate of drug-likeness (QED) is 0.822. The van der Waals surface area contributed by atoms with Crippen LogP contribution in [0.5, 0.6) is 0 Å². The van der Waals surface area contributed by atoms with Crippen LogP contribution in [-0.2, 0) is 4.79 Å². The number of nitrogens with one attached hydrogen (secondary N) is 1. The zero-order chi connectivity index (χ0) is 13.7. The first-order chi connectivity index (χ1) is 9.13. The molecule has 1 saturated carbocycles. The lowest BCUT2D eigenvalue weighted by Gasteiger charge is -2.39. The summed E-state index contributed by atoms with van der Waals surface area (Å²) in [7, 11) is 0. The number of thioether (sulfide) groups is 1. The molecular weight excluding hydrogens is 278 g/mol. The highest BCUT2D eigenvalue weighted by Crippen LogP contribution is 2.32. The molecule has 2 unspecified atom stereocenters. The average molecular weight is 299 g/mol. The molecule has 1 amide bonds. The third-order valence-corrected chi connectivity index (χ3v) is 5.77. The van der Waals surface area contributed by atoms with Crippen molar-refractivity contribution in [2.75, 3.05) is 12.4 Å². The van der Waals surface area contributed by atoms with Gasteiger partial charge in [-0.3, -0.25) is 4.79 Å². The highest BCUT2D eigenvalue weighted by molar-refractivity contribution is 8.01. The van der Waals surface area contributed by atoms with Crippen molar-refractivity contribution in [3.8, 4) is 0 Å². The standard InChI is InChI=1S/C14H21NO2S2/c1-11-4-2-6-14(8-11,10-16)15-12(17)9-19-13-5-3-7-18-13/h3,5,7,11,16H,2,4,6,8-10H2,1H3,(H,15,17). The van der Waals surface area contributed by atoms with E-state index in [4.69, 9.17) is 0 Å². The van der Waals surface area contributed by atoms with Gasteiger partial charge in [0, 0.05) is 0 Å². The zero-order valence-corrected chi connectivity index (χ0v) is 12.9. The number of rotatable bonds is 5. The molecule has 0 aliphatic heterocycles. The molecular formula is C14H21NO2S2. The van der Waals surface area contributed by atoms with E-state index in [9.17, 15) is 9.90 Å². The Balaban J connectivity index is 1.85. The molecule has 0 aromatic carbocycles. The van der Waals surface area contributed by atoms with E-state index in [1.165, 1.54) is 6.42 Å². The van der Waals surface area contributed by atoms with Gasteiger partial charge >= 0.3 is 0 Å². The van der Waals surface area contributed by atoms with Gasteiger partial charge in [-0.25, -0.2) is 0 Å². The monoisotopic (exact) mass is 299 g/mol. The van der Waals surface area contributed by atoms with E-state index >= 15 is 0 Å². The zero-order valence-electron chi connectivity index (χ0n) is 11.2. The summed E-state index contributed by atoms with van der Waals surface area (Å²) in [5.74, 6) is 1.03. The minimum atomic E-state index is -0.384. The normalized spacial score (nSPS) is 27.2. The van der Waals surface area contributed by atoms with Crippen LogP contribution in [0.1, 0.15) is 32.6 Å². The van der Waals surface area contributed by atoms with Gasteiger partial charge in [0.05, 0.1) is 22.1 Å². The minimum Gasteiger partial charge on any atom is -0.394 e. The molecule has 2 N–H and O–H groups in total. The molecule has 1 aromatic heterocycles. The van der Waals surface area contributed by atoms with E-state index in [0.717, 1.165) is 23.5 Å². The van der Waals surface area contributed by atoms with Crippen LogP contribution in [-0.4, -0.2) is 28.9 Å². The molecule has 2 rings (SSSR count). The third-order valence-electron chi connectivity index (χ3n) is 3.64. The Bertz CT molecular complexity index is 408. The fourth-order valence-electron chi connectivity index (χ4n) is 2.77. The number of carbonyl (C=O) groups excluding carboxylic acids is 1. The van der Waals surface area contributed by atoms with E-state index in [1.54, 1.807) is 23.1 Å². The molecule has 2 atom stereocenters. The molecule has 0 radical (unpaired) electrons. The van der Waals surface area contributed by atoms with Gasteiger partial charge in [0.2, 0.25) is 5.91 Å².